The Balaban J connectivity index is 1.80. The number of halogens is 1. The van der Waals surface area contributed by atoms with E-state index >= 15 is 0 Å². The molecule has 0 radical (unpaired) electrons. The van der Waals surface area contributed by atoms with Crippen LogP contribution in [0.1, 0.15) is 58.9 Å². The molecule has 0 saturated carbocycles. The van der Waals surface area contributed by atoms with Gasteiger partial charge in [-0.05, 0) is 50.7 Å². The first kappa shape index (κ1) is 27.3. The number of thioether (sulfide) groups is 1. The van der Waals surface area contributed by atoms with Crippen LogP contribution in [0.5, 0.6) is 0 Å². The summed E-state index contributed by atoms with van der Waals surface area (Å²) >= 11 is 8.07. The zero-order chi connectivity index (χ0) is 26.4. The zero-order valence-electron chi connectivity index (χ0n) is 21.8. The summed E-state index contributed by atoms with van der Waals surface area (Å²) in [6.07, 6.45) is 2.97. The number of aliphatic hydroxyl groups excluding tert-OH is 1. The van der Waals surface area contributed by atoms with E-state index in [0.717, 1.165) is 24.8 Å². The number of fused-ring (bicyclic) bond motifs is 1. The molecule has 1 aromatic carbocycles. The molecule has 36 heavy (non-hydrogen) atoms. The number of carbonyl (C=O) groups excluding carboxylic acids is 3. The first-order chi connectivity index (χ1) is 17.1. The van der Waals surface area contributed by atoms with Crippen LogP contribution in [0.15, 0.2) is 18.2 Å². The Morgan fingerprint density at radius 3 is 2.61 bits per heavy atom. The molecule has 3 amide bonds. The third kappa shape index (κ3) is 4.13. The summed E-state index contributed by atoms with van der Waals surface area (Å²) in [5, 5.41) is 16.9. The average Bonchev–Trinajstić information content (AvgIpc) is 3.41. The number of nitrogens with zero attached hydrogens (tertiary/aromatic N) is 1. The van der Waals surface area contributed by atoms with Crippen molar-refractivity contribution in [3.8, 4) is 0 Å². The summed E-state index contributed by atoms with van der Waals surface area (Å²) < 4.78 is -1.16. The third-order valence-electron chi connectivity index (χ3n) is 8.61. The highest BCUT2D eigenvalue weighted by atomic mass is 35.5. The molecule has 7 nitrogen and oxygen atoms in total. The summed E-state index contributed by atoms with van der Waals surface area (Å²) in [6, 6.07) is 4.10. The number of hydrogen-bond acceptors (Lipinski definition) is 5. The Kier molecular flexibility index (Phi) is 7.71. The van der Waals surface area contributed by atoms with Crippen LogP contribution in [0.3, 0.4) is 0 Å². The third-order valence-corrected chi connectivity index (χ3v) is 10.9. The lowest BCUT2D eigenvalue weighted by molar-refractivity contribution is -0.143. The van der Waals surface area contributed by atoms with Gasteiger partial charge < -0.3 is 20.6 Å². The molecule has 7 atom stereocenters. The van der Waals surface area contributed by atoms with Gasteiger partial charge in [0.2, 0.25) is 17.7 Å². The van der Waals surface area contributed by atoms with Gasteiger partial charge in [0.05, 0.1) is 39.9 Å². The molecule has 4 rings (SSSR count). The number of anilines is 1. The first-order valence-electron chi connectivity index (χ1n) is 13.0. The average molecular weight is 536 g/mol. The van der Waals surface area contributed by atoms with Gasteiger partial charge in [-0.3, -0.25) is 14.4 Å². The molecule has 1 spiro atoms. The van der Waals surface area contributed by atoms with E-state index in [4.69, 9.17) is 11.6 Å². The topological polar surface area (TPSA) is 98.7 Å². The smallest absolute Gasteiger partial charge is 0.248 e. The van der Waals surface area contributed by atoms with Crippen molar-refractivity contribution in [2.45, 2.75) is 81.9 Å². The number of hydrogen-bond donors (Lipinski definition) is 3. The Morgan fingerprint density at radius 1 is 1.28 bits per heavy atom. The van der Waals surface area contributed by atoms with E-state index < -0.39 is 33.4 Å². The van der Waals surface area contributed by atoms with Crippen LogP contribution in [-0.4, -0.2) is 62.5 Å². The van der Waals surface area contributed by atoms with E-state index in [1.807, 2.05) is 39.8 Å². The largest absolute Gasteiger partial charge is 0.394 e. The molecule has 3 saturated heterocycles. The number of aryl methyl sites for hydroxylation is 1. The highest BCUT2D eigenvalue weighted by molar-refractivity contribution is 8.02. The minimum Gasteiger partial charge on any atom is -0.394 e. The lowest BCUT2D eigenvalue weighted by Gasteiger charge is -2.39. The zero-order valence-corrected chi connectivity index (χ0v) is 23.3. The fourth-order valence-electron chi connectivity index (χ4n) is 6.58. The summed E-state index contributed by atoms with van der Waals surface area (Å²) in [5.41, 5.74) is 1.36. The van der Waals surface area contributed by atoms with Gasteiger partial charge in [0.1, 0.15) is 6.04 Å². The van der Waals surface area contributed by atoms with Crippen LogP contribution in [0, 0.1) is 24.7 Å². The Morgan fingerprint density at radius 2 is 2.00 bits per heavy atom. The van der Waals surface area contributed by atoms with Crippen LogP contribution in [0.4, 0.5) is 5.69 Å². The van der Waals surface area contributed by atoms with Crippen molar-refractivity contribution in [3.05, 3.63) is 28.8 Å². The molecule has 1 aromatic rings. The highest BCUT2D eigenvalue weighted by Gasteiger charge is 2.77. The van der Waals surface area contributed by atoms with Gasteiger partial charge in [-0.2, -0.15) is 0 Å². The fraction of sp³-hybridized carbons (Fsp3) is 0.667. The van der Waals surface area contributed by atoms with Crippen molar-refractivity contribution in [1.29, 1.82) is 0 Å². The summed E-state index contributed by atoms with van der Waals surface area (Å²) in [6.45, 7) is 10.2. The Hall–Kier alpha value is -1.77. The Bertz CT molecular complexity index is 1030. The van der Waals surface area contributed by atoms with E-state index in [1.54, 1.807) is 22.7 Å². The molecule has 9 heteroatoms. The molecule has 0 aromatic heterocycles. The molecular weight excluding hydrogens is 498 g/mol. The molecule has 3 fully saturated rings. The predicted octanol–water partition coefficient (Wildman–Crippen LogP) is 4.00. The van der Waals surface area contributed by atoms with Crippen LogP contribution < -0.4 is 10.6 Å². The maximum Gasteiger partial charge on any atom is 0.248 e. The quantitative estimate of drug-likeness (QED) is 0.444. The molecule has 198 valence electrons. The van der Waals surface area contributed by atoms with Gasteiger partial charge in [-0.25, -0.2) is 0 Å². The van der Waals surface area contributed by atoms with Crippen LogP contribution in [0.25, 0.3) is 0 Å². The van der Waals surface area contributed by atoms with Crippen molar-refractivity contribution in [2.24, 2.45) is 17.8 Å². The molecule has 2 bridgehead atoms. The van der Waals surface area contributed by atoms with Crippen molar-refractivity contribution < 1.29 is 19.5 Å². The second kappa shape index (κ2) is 10.2. The van der Waals surface area contributed by atoms with Crippen LogP contribution >= 0.6 is 23.4 Å². The lowest BCUT2D eigenvalue weighted by Crippen LogP contribution is -2.56. The minimum absolute atomic E-state index is 0.0170. The van der Waals surface area contributed by atoms with Crippen LogP contribution in [0.2, 0.25) is 5.02 Å². The molecule has 3 heterocycles. The van der Waals surface area contributed by atoms with E-state index in [9.17, 15) is 19.5 Å². The maximum absolute atomic E-state index is 14.2. The highest BCUT2D eigenvalue weighted by Crippen LogP contribution is 2.71. The van der Waals surface area contributed by atoms with Crippen LogP contribution in [-0.2, 0) is 14.4 Å². The van der Waals surface area contributed by atoms with Gasteiger partial charge in [-0.15, -0.1) is 11.8 Å². The van der Waals surface area contributed by atoms with Gasteiger partial charge in [0.15, 0.2) is 0 Å². The van der Waals surface area contributed by atoms with Gasteiger partial charge in [0, 0.05) is 11.3 Å². The summed E-state index contributed by atoms with van der Waals surface area (Å²) in [7, 11) is 0. The van der Waals surface area contributed by atoms with E-state index in [2.05, 4.69) is 17.6 Å². The van der Waals surface area contributed by atoms with E-state index in [-0.39, 0.29) is 30.2 Å². The molecule has 3 aliphatic heterocycles. The van der Waals surface area contributed by atoms with E-state index in [0.29, 0.717) is 23.7 Å². The second-order valence-electron chi connectivity index (χ2n) is 10.8. The molecule has 2 unspecified atom stereocenters. The fourth-order valence-corrected chi connectivity index (χ4v) is 9.19. The predicted molar refractivity (Wildman–Crippen MR) is 144 cm³/mol. The van der Waals surface area contributed by atoms with Crippen molar-refractivity contribution in [3.63, 3.8) is 0 Å². The van der Waals surface area contributed by atoms with E-state index in [1.165, 1.54) is 0 Å². The van der Waals surface area contributed by atoms with Gasteiger partial charge in [0.25, 0.3) is 0 Å². The van der Waals surface area contributed by atoms with Crippen molar-refractivity contribution in [2.75, 3.05) is 18.5 Å². The number of rotatable bonds is 9. The summed E-state index contributed by atoms with van der Waals surface area (Å²) in [5.74, 6) is -1.77. The minimum atomic E-state index is -0.812. The van der Waals surface area contributed by atoms with Crippen molar-refractivity contribution >= 4 is 46.8 Å². The van der Waals surface area contributed by atoms with Gasteiger partial charge in [-0.1, -0.05) is 50.9 Å². The standard InChI is InChI=1S/C27H38ClN3O4S/c1-6-13-29-23(33)19-20-25(35)31(18(14-32)15(3)7-2)22(27(20)12-11-26(19,5)36-27)24(34)30-21-16(4)9-8-10-17(21)28/h8-10,15,18-20,22,32H,6-7,11-14H2,1-5H3,(H,29,33)(H,30,34)/t15-,18-,19+,20-,22?,26-,27?/m0/s1. The van der Waals surface area contributed by atoms with Gasteiger partial charge >= 0.3 is 0 Å². The first-order valence-corrected chi connectivity index (χ1v) is 14.2. The molecule has 0 aliphatic carbocycles. The maximum atomic E-state index is 14.2. The number of likely N-dealkylation sites (tertiary alicyclic amines) is 1. The molecule has 3 N–H and O–H groups in total. The monoisotopic (exact) mass is 535 g/mol. The molecule has 3 aliphatic rings. The number of amides is 3. The number of benzene rings is 1. The summed E-state index contributed by atoms with van der Waals surface area (Å²) in [4.78, 5) is 43.4. The number of aliphatic hydroxyl groups is 1. The number of nitrogens with one attached hydrogen (secondary N) is 2. The Labute approximate surface area is 223 Å². The number of carbonyl (C=O) groups is 3. The SMILES string of the molecule is CCCNC(=O)[C@H]1[C@H]2C(=O)N([C@@H](CO)[C@@H](C)CC)C(C(=O)Nc3c(C)cccc3Cl)C23CC[C@]1(C)S3. The normalized spacial score (nSPS) is 32.4. The number of para-hydroxylation sites is 1. The lowest BCUT2D eigenvalue weighted by atomic mass is 9.66. The van der Waals surface area contributed by atoms with Crippen molar-refractivity contribution in [1.82, 2.24) is 10.2 Å². The second-order valence-corrected chi connectivity index (χ2v) is 13.1. The molecular formula is C27H38ClN3O4S.